The molecule has 8 heteroatoms. The summed E-state index contributed by atoms with van der Waals surface area (Å²) >= 11 is 0. The van der Waals surface area contributed by atoms with Gasteiger partial charge in [-0.15, -0.1) is 0 Å². The van der Waals surface area contributed by atoms with E-state index >= 15 is 0 Å². The second kappa shape index (κ2) is 5.56. The molecule has 0 heterocycles. The van der Waals surface area contributed by atoms with Gasteiger partial charge in [0.05, 0.1) is 5.70 Å². The molecule has 0 radical (unpaired) electrons. The van der Waals surface area contributed by atoms with Crippen LogP contribution in [0.5, 0.6) is 0 Å². The van der Waals surface area contributed by atoms with Gasteiger partial charge < -0.3 is 0 Å². The van der Waals surface area contributed by atoms with Gasteiger partial charge >= 0.3 is 0 Å². The Morgan fingerprint density at radius 2 is 1.47 bits per heavy atom. The molecule has 1 aliphatic rings. The van der Waals surface area contributed by atoms with Gasteiger partial charge in [0.1, 0.15) is 5.54 Å². The zero-order valence-corrected chi connectivity index (χ0v) is 9.65. The number of carbonyl (C=O) groups excluding carboxylic acids is 4. The summed E-state index contributed by atoms with van der Waals surface area (Å²) in [4.78, 5) is 55.0. The molecule has 1 atom stereocenters. The van der Waals surface area contributed by atoms with Crippen LogP contribution in [0, 0.1) is 0 Å². The van der Waals surface area contributed by atoms with Crippen molar-refractivity contribution in [2.45, 2.75) is 18.1 Å². The van der Waals surface area contributed by atoms with Crippen molar-refractivity contribution in [3.63, 3.8) is 0 Å². The van der Waals surface area contributed by atoms with E-state index in [1.54, 1.807) is 0 Å². The molecule has 0 aromatic carbocycles. The van der Waals surface area contributed by atoms with Gasteiger partial charge in [-0.05, 0) is 25.2 Å². The van der Waals surface area contributed by atoms with Crippen LogP contribution in [-0.2, 0) is 19.2 Å². The van der Waals surface area contributed by atoms with Gasteiger partial charge in [0, 0.05) is 0 Å². The van der Waals surface area contributed by atoms with Crippen molar-refractivity contribution in [3.05, 3.63) is 23.9 Å². The third-order valence-electron chi connectivity index (χ3n) is 2.41. The average Bonchev–Trinajstić information content (AvgIpc) is 2.36. The van der Waals surface area contributed by atoms with Gasteiger partial charge in [-0.3, -0.25) is 0 Å². The lowest BCUT2D eigenvalue weighted by atomic mass is 9.88. The Morgan fingerprint density at radius 3 is 1.95 bits per heavy atom. The van der Waals surface area contributed by atoms with Gasteiger partial charge in [-0.2, -0.15) is 20.0 Å². The standard InChI is InChI=1S/C11H6N4O4/c1-10(13-6-17)2-3-11(14-7-18,15-8-19)4-9(10)12-5-16/h2-4H,1H3. The molecule has 1 unspecified atom stereocenters. The molecule has 0 N–H and O–H groups in total. The van der Waals surface area contributed by atoms with Crippen LogP contribution in [0.2, 0.25) is 0 Å². The van der Waals surface area contributed by atoms with Gasteiger partial charge in [-0.1, -0.05) is 0 Å². The predicted molar refractivity (Wildman–Crippen MR) is 60.8 cm³/mol. The molecule has 8 nitrogen and oxygen atoms in total. The molecule has 0 bridgehead atoms. The highest BCUT2D eigenvalue weighted by molar-refractivity contribution is 5.52. The molecule has 0 spiro atoms. The number of nitrogens with zero attached hydrogens (tertiary/aromatic N) is 4. The summed E-state index contributed by atoms with van der Waals surface area (Å²) in [6.07, 6.45) is 8.73. The first-order chi connectivity index (χ1) is 9.05. The number of hydrogen-bond acceptors (Lipinski definition) is 8. The van der Waals surface area contributed by atoms with E-state index in [0.717, 1.165) is 6.08 Å². The molecular formula is C11H6N4O4. The van der Waals surface area contributed by atoms with Gasteiger partial charge in [-0.25, -0.2) is 19.2 Å². The second-order valence-electron chi connectivity index (χ2n) is 3.61. The van der Waals surface area contributed by atoms with Crippen molar-refractivity contribution < 1.29 is 19.2 Å². The number of isocyanates is 4. The molecule has 94 valence electrons. The summed E-state index contributed by atoms with van der Waals surface area (Å²) < 4.78 is 0. The van der Waals surface area contributed by atoms with Crippen LogP contribution in [0.25, 0.3) is 0 Å². The molecule has 0 saturated carbocycles. The number of hydrogen-bond donors (Lipinski definition) is 0. The molecule has 0 aromatic rings. The van der Waals surface area contributed by atoms with Crippen LogP contribution in [0.1, 0.15) is 6.92 Å². The fraction of sp³-hybridized carbons (Fsp3) is 0.273. The third kappa shape index (κ3) is 2.82. The smallest absolute Gasteiger partial charge is 0.211 e. The van der Waals surface area contributed by atoms with E-state index in [1.807, 2.05) is 0 Å². The second-order valence-corrected chi connectivity index (χ2v) is 3.61. The zero-order chi connectivity index (χ0) is 14.4. The van der Waals surface area contributed by atoms with Crippen molar-refractivity contribution in [2.75, 3.05) is 0 Å². The fourth-order valence-corrected chi connectivity index (χ4v) is 1.46. The Hall–Kier alpha value is -3.00. The third-order valence-corrected chi connectivity index (χ3v) is 2.41. The van der Waals surface area contributed by atoms with Crippen LogP contribution >= 0.6 is 0 Å². The van der Waals surface area contributed by atoms with Crippen molar-refractivity contribution in [2.24, 2.45) is 20.0 Å². The van der Waals surface area contributed by atoms with E-state index in [1.165, 1.54) is 43.4 Å². The van der Waals surface area contributed by atoms with Gasteiger partial charge in [0.2, 0.25) is 30.0 Å². The lowest BCUT2D eigenvalue weighted by Crippen LogP contribution is -2.31. The highest BCUT2D eigenvalue weighted by Crippen LogP contribution is 2.34. The SMILES string of the molecule is CC1(N=C=O)C=CC(N=C=O)(N=C=O)C=C1N=C=O. The number of aliphatic imine (C=N–C) groups is 4. The minimum Gasteiger partial charge on any atom is -0.211 e. The fourth-order valence-electron chi connectivity index (χ4n) is 1.46. The average molecular weight is 258 g/mol. The summed E-state index contributed by atoms with van der Waals surface area (Å²) in [5, 5.41) is 0. The molecule has 0 aromatic heterocycles. The minimum atomic E-state index is -1.70. The Labute approximate surface area is 106 Å². The van der Waals surface area contributed by atoms with Crippen LogP contribution < -0.4 is 0 Å². The topological polar surface area (TPSA) is 118 Å². The molecule has 19 heavy (non-hydrogen) atoms. The first-order valence-corrected chi connectivity index (χ1v) is 4.84. The minimum absolute atomic E-state index is 0.0636. The van der Waals surface area contributed by atoms with Crippen LogP contribution in [0.4, 0.5) is 0 Å². The van der Waals surface area contributed by atoms with E-state index in [9.17, 15) is 19.2 Å². The van der Waals surface area contributed by atoms with Crippen LogP contribution in [-0.4, -0.2) is 35.5 Å². The lowest BCUT2D eigenvalue weighted by Gasteiger charge is -2.27. The summed E-state index contributed by atoms with van der Waals surface area (Å²) in [5.74, 6) is 0. The van der Waals surface area contributed by atoms with E-state index in [-0.39, 0.29) is 5.70 Å². The molecule has 0 aliphatic heterocycles. The monoisotopic (exact) mass is 258 g/mol. The Morgan fingerprint density at radius 1 is 0.895 bits per heavy atom. The van der Waals surface area contributed by atoms with Crippen LogP contribution in [0.15, 0.2) is 43.9 Å². The number of rotatable bonds is 4. The molecule has 0 saturated heterocycles. The maximum absolute atomic E-state index is 10.4. The van der Waals surface area contributed by atoms with Crippen molar-refractivity contribution in [1.82, 2.24) is 0 Å². The van der Waals surface area contributed by atoms with E-state index in [2.05, 4.69) is 20.0 Å². The summed E-state index contributed by atoms with van der Waals surface area (Å²) in [6, 6.07) is 0. The Balaban J connectivity index is 3.55. The van der Waals surface area contributed by atoms with E-state index in [4.69, 9.17) is 0 Å². The van der Waals surface area contributed by atoms with Gasteiger partial charge in [0.15, 0.2) is 0 Å². The highest BCUT2D eigenvalue weighted by atomic mass is 16.1. The van der Waals surface area contributed by atoms with Crippen molar-refractivity contribution in [1.29, 1.82) is 0 Å². The van der Waals surface area contributed by atoms with Crippen molar-refractivity contribution in [3.8, 4) is 0 Å². The Kier molecular flexibility index (Phi) is 4.11. The summed E-state index contributed by atoms with van der Waals surface area (Å²) in [5.41, 5.74) is -3.04. The normalized spacial score (nSPS) is 27.7. The maximum atomic E-state index is 10.4. The summed E-state index contributed by atoms with van der Waals surface area (Å²) in [7, 11) is 0. The highest BCUT2D eigenvalue weighted by Gasteiger charge is 2.37. The first-order valence-electron chi connectivity index (χ1n) is 4.84. The predicted octanol–water partition coefficient (Wildman–Crippen LogP) is 0.238. The molecule has 0 fully saturated rings. The maximum Gasteiger partial charge on any atom is 0.240 e. The van der Waals surface area contributed by atoms with Crippen molar-refractivity contribution >= 4 is 24.3 Å². The first kappa shape index (κ1) is 14.1. The largest absolute Gasteiger partial charge is 0.240 e. The lowest BCUT2D eigenvalue weighted by molar-refractivity contribution is 0.529. The summed E-state index contributed by atoms with van der Waals surface area (Å²) in [6.45, 7) is 1.46. The molecular weight excluding hydrogens is 252 g/mol. The Bertz CT molecular complexity index is 622. The molecule has 0 amide bonds. The van der Waals surface area contributed by atoms with Gasteiger partial charge in [0.25, 0.3) is 0 Å². The molecule has 1 rings (SSSR count). The van der Waals surface area contributed by atoms with Crippen LogP contribution in [0.3, 0.4) is 0 Å². The zero-order valence-electron chi connectivity index (χ0n) is 9.65. The van der Waals surface area contributed by atoms with E-state index < -0.39 is 11.2 Å². The quantitative estimate of drug-likeness (QED) is 0.407. The van der Waals surface area contributed by atoms with E-state index in [0.29, 0.717) is 0 Å². The molecule has 1 aliphatic carbocycles.